The van der Waals surface area contributed by atoms with Gasteiger partial charge in [0.1, 0.15) is 12.4 Å². The summed E-state index contributed by atoms with van der Waals surface area (Å²) < 4.78 is 5.51. The molecule has 0 atom stereocenters. The predicted octanol–water partition coefficient (Wildman–Crippen LogP) is -0.349. The average Bonchev–Trinajstić information content (AvgIpc) is 2.29. The van der Waals surface area contributed by atoms with E-state index in [1.165, 1.54) is 0 Å². The maximum Gasteiger partial charge on any atom is 0.318 e. The number of aromatic nitrogens is 2. The molecule has 94 valence electrons. The van der Waals surface area contributed by atoms with Gasteiger partial charge in [-0.25, -0.2) is 4.98 Å². The topological polar surface area (TPSA) is 76.3 Å². The Labute approximate surface area is 101 Å². The Kier molecular flexibility index (Phi) is 4.11. The van der Waals surface area contributed by atoms with Crippen LogP contribution in [0, 0.1) is 6.92 Å². The lowest BCUT2D eigenvalue weighted by molar-refractivity contribution is 0.184. The van der Waals surface area contributed by atoms with Crippen LogP contribution in [-0.2, 0) is 0 Å². The van der Waals surface area contributed by atoms with Gasteiger partial charge >= 0.3 is 6.01 Å². The van der Waals surface area contributed by atoms with Crippen molar-refractivity contribution in [3.63, 3.8) is 0 Å². The van der Waals surface area contributed by atoms with E-state index in [0.717, 1.165) is 38.4 Å². The molecule has 0 amide bonds. The fraction of sp³-hybridized carbons (Fsp3) is 0.636. The minimum absolute atomic E-state index is 0.373. The van der Waals surface area contributed by atoms with Gasteiger partial charge in [0.05, 0.1) is 0 Å². The van der Waals surface area contributed by atoms with Crippen LogP contribution in [0.25, 0.3) is 0 Å². The molecule has 0 bridgehead atoms. The Morgan fingerprint density at radius 3 is 2.88 bits per heavy atom. The van der Waals surface area contributed by atoms with Crippen LogP contribution in [0.2, 0.25) is 0 Å². The Morgan fingerprint density at radius 1 is 1.41 bits per heavy atom. The van der Waals surface area contributed by atoms with Crippen molar-refractivity contribution in [3.8, 4) is 6.01 Å². The molecule has 6 nitrogen and oxygen atoms in total. The first-order valence-electron chi connectivity index (χ1n) is 5.91. The largest absolute Gasteiger partial charge is 0.462 e. The predicted molar refractivity (Wildman–Crippen MR) is 66.0 cm³/mol. The molecule has 0 spiro atoms. The van der Waals surface area contributed by atoms with Crippen molar-refractivity contribution < 1.29 is 4.74 Å². The van der Waals surface area contributed by atoms with E-state index in [9.17, 15) is 0 Å². The molecule has 1 saturated heterocycles. The summed E-state index contributed by atoms with van der Waals surface area (Å²) in [7, 11) is 0. The van der Waals surface area contributed by atoms with Gasteiger partial charge in [0, 0.05) is 44.5 Å². The summed E-state index contributed by atoms with van der Waals surface area (Å²) in [5.74, 6) is 0.453. The van der Waals surface area contributed by atoms with Gasteiger partial charge in [-0.1, -0.05) is 0 Å². The number of piperazine rings is 1. The summed E-state index contributed by atoms with van der Waals surface area (Å²) in [6, 6.07) is 2.10. The molecule has 3 N–H and O–H groups in total. The van der Waals surface area contributed by atoms with Gasteiger partial charge in [0.2, 0.25) is 0 Å². The smallest absolute Gasteiger partial charge is 0.318 e. The van der Waals surface area contributed by atoms with E-state index in [0.29, 0.717) is 18.4 Å². The first-order valence-corrected chi connectivity index (χ1v) is 5.91. The van der Waals surface area contributed by atoms with E-state index in [1.807, 2.05) is 6.92 Å². The number of nitrogens with zero attached hydrogens (tertiary/aromatic N) is 3. The summed E-state index contributed by atoms with van der Waals surface area (Å²) >= 11 is 0. The molecular formula is C11H19N5O. The quantitative estimate of drug-likeness (QED) is 0.745. The second-order valence-corrected chi connectivity index (χ2v) is 4.16. The fourth-order valence-electron chi connectivity index (χ4n) is 1.83. The van der Waals surface area contributed by atoms with Crippen molar-refractivity contribution >= 4 is 5.82 Å². The van der Waals surface area contributed by atoms with Gasteiger partial charge in [-0.2, -0.15) is 4.98 Å². The van der Waals surface area contributed by atoms with E-state index < -0.39 is 0 Å². The van der Waals surface area contributed by atoms with Gasteiger partial charge in [-0.15, -0.1) is 0 Å². The Bertz CT molecular complexity index is 345. The lowest BCUT2D eigenvalue weighted by Gasteiger charge is -2.26. The molecule has 17 heavy (non-hydrogen) atoms. The van der Waals surface area contributed by atoms with Crippen molar-refractivity contribution in [2.24, 2.45) is 0 Å². The molecule has 0 radical (unpaired) electrons. The molecule has 0 aliphatic carbocycles. The van der Waals surface area contributed by atoms with Crippen LogP contribution in [0.15, 0.2) is 6.07 Å². The highest BCUT2D eigenvalue weighted by Gasteiger charge is 2.09. The van der Waals surface area contributed by atoms with Crippen LogP contribution in [0.1, 0.15) is 5.69 Å². The molecular weight excluding hydrogens is 218 g/mol. The first kappa shape index (κ1) is 12.1. The number of ether oxygens (including phenoxy) is 1. The first-order chi connectivity index (χ1) is 8.24. The summed E-state index contributed by atoms with van der Waals surface area (Å²) in [4.78, 5) is 10.6. The van der Waals surface area contributed by atoms with Crippen molar-refractivity contribution in [2.75, 3.05) is 45.1 Å². The van der Waals surface area contributed by atoms with E-state index in [1.54, 1.807) is 6.07 Å². The molecule has 1 aliphatic heterocycles. The lowest BCUT2D eigenvalue weighted by Crippen LogP contribution is -2.44. The van der Waals surface area contributed by atoms with Crippen LogP contribution in [0.3, 0.4) is 0 Å². The number of nitrogens with two attached hydrogens (primary N) is 1. The Morgan fingerprint density at radius 2 is 2.18 bits per heavy atom. The van der Waals surface area contributed by atoms with Crippen molar-refractivity contribution in [3.05, 3.63) is 11.8 Å². The third kappa shape index (κ3) is 3.83. The molecule has 1 fully saturated rings. The normalized spacial score (nSPS) is 17.0. The zero-order valence-corrected chi connectivity index (χ0v) is 10.1. The van der Waals surface area contributed by atoms with Crippen LogP contribution >= 0.6 is 0 Å². The standard InChI is InChI=1S/C11H19N5O/c1-9-8-10(12)15-11(14-9)17-7-6-16-4-2-13-3-5-16/h8,13H,2-7H2,1H3,(H2,12,14,15). The number of rotatable bonds is 4. The summed E-state index contributed by atoms with van der Waals surface area (Å²) in [6.45, 7) is 7.62. The van der Waals surface area contributed by atoms with Gasteiger partial charge in [0.15, 0.2) is 0 Å². The molecule has 2 rings (SSSR count). The van der Waals surface area contributed by atoms with Crippen LogP contribution in [0.5, 0.6) is 6.01 Å². The highest BCUT2D eigenvalue weighted by molar-refractivity contribution is 5.30. The molecule has 1 aromatic heterocycles. The highest BCUT2D eigenvalue weighted by Crippen LogP contribution is 2.07. The molecule has 0 saturated carbocycles. The van der Waals surface area contributed by atoms with Gasteiger partial charge in [0.25, 0.3) is 0 Å². The van der Waals surface area contributed by atoms with E-state index >= 15 is 0 Å². The number of nitrogens with one attached hydrogen (secondary N) is 1. The summed E-state index contributed by atoms with van der Waals surface area (Å²) in [6.07, 6.45) is 0. The minimum Gasteiger partial charge on any atom is -0.462 e. The summed E-state index contributed by atoms with van der Waals surface area (Å²) in [5, 5.41) is 3.31. The minimum atomic E-state index is 0.373. The molecule has 1 aliphatic rings. The third-order valence-corrected chi connectivity index (χ3v) is 2.70. The zero-order chi connectivity index (χ0) is 12.1. The van der Waals surface area contributed by atoms with Crippen molar-refractivity contribution in [1.82, 2.24) is 20.2 Å². The molecule has 1 aromatic rings. The third-order valence-electron chi connectivity index (χ3n) is 2.70. The van der Waals surface area contributed by atoms with Crippen molar-refractivity contribution in [2.45, 2.75) is 6.92 Å². The van der Waals surface area contributed by atoms with Crippen LogP contribution in [-0.4, -0.2) is 54.2 Å². The number of hydrogen-bond donors (Lipinski definition) is 2. The Balaban J connectivity index is 1.77. The number of hydrogen-bond acceptors (Lipinski definition) is 6. The second kappa shape index (κ2) is 5.79. The number of aryl methyl sites for hydroxylation is 1. The maximum absolute atomic E-state index is 5.62. The SMILES string of the molecule is Cc1cc(N)nc(OCCN2CCNCC2)n1. The second-order valence-electron chi connectivity index (χ2n) is 4.16. The summed E-state index contributed by atoms with van der Waals surface area (Å²) in [5.41, 5.74) is 6.45. The molecule has 0 unspecified atom stereocenters. The van der Waals surface area contributed by atoms with Crippen molar-refractivity contribution in [1.29, 1.82) is 0 Å². The maximum atomic E-state index is 5.62. The zero-order valence-electron chi connectivity index (χ0n) is 10.1. The van der Waals surface area contributed by atoms with Gasteiger partial charge in [-0.3, -0.25) is 4.90 Å². The number of nitrogen functional groups attached to an aromatic ring is 1. The van der Waals surface area contributed by atoms with Crippen LogP contribution in [0.4, 0.5) is 5.82 Å². The van der Waals surface area contributed by atoms with Gasteiger partial charge < -0.3 is 15.8 Å². The monoisotopic (exact) mass is 237 g/mol. The van der Waals surface area contributed by atoms with Gasteiger partial charge in [-0.05, 0) is 6.92 Å². The average molecular weight is 237 g/mol. The van der Waals surface area contributed by atoms with E-state index in [4.69, 9.17) is 10.5 Å². The van der Waals surface area contributed by atoms with E-state index in [-0.39, 0.29) is 0 Å². The molecule has 0 aromatic carbocycles. The number of anilines is 1. The Hall–Kier alpha value is -1.40. The highest BCUT2D eigenvalue weighted by atomic mass is 16.5. The molecule has 2 heterocycles. The lowest BCUT2D eigenvalue weighted by atomic mass is 10.4. The molecule has 6 heteroatoms. The van der Waals surface area contributed by atoms with E-state index in [2.05, 4.69) is 20.2 Å². The fourth-order valence-corrected chi connectivity index (χ4v) is 1.83. The van der Waals surface area contributed by atoms with Crippen LogP contribution < -0.4 is 15.8 Å².